The van der Waals surface area contributed by atoms with E-state index in [-0.39, 0.29) is 17.9 Å². The number of ether oxygens (including phenoxy) is 1. The average Bonchev–Trinajstić information content (AvgIpc) is 2.65. The number of nitrogens with zero attached hydrogens (tertiary/aromatic N) is 1. The summed E-state index contributed by atoms with van der Waals surface area (Å²) in [4.78, 5) is 14.8. The summed E-state index contributed by atoms with van der Waals surface area (Å²) in [5.74, 6) is 1.19. The molecule has 0 aliphatic carbocycles. The fourth-order valence-corrected chi connectivity index (χ4v) is 3.40. The molecule has 1 aromatic carbocycles. The molecule has 0 radical (unpaired) electrons. The third-order valence-electron chi connectivity index (χ3n) is 4.91. The van der Waals surface area contributed by atoms with Gasteiger partial charge in [0.05, 0.1) is 13.2 Å². The number of hydrogen-bond acceptors (Lipinski definition) is 4. The molecule has 1 atom stereocenters. The number of carbonyl (C=O) groups is 1. The molecule has 0 saturated carbocycles. The standard InChI is InChI=1S/C19H31N3O2/c1-4-22(5-2)18(16-7-6-8-17(13-16)24-3)14-21-19(23)15-9-11-20-12-10-15/h6-8,13,15,18,20H,4-5,9-12,14H2,1-3H3,(H,21,23). The lowest BCUT2D eigenvalue weighted by atomic mass is 9.97. The predicted octanol–water partition coefficient (Wildman–Crippen LogP) is 2.19. The molecule has 0 aromatic heterocycles. The molecule has 134 valence electrons. The summed E-state index contributed by atoms with van der Waals surface area (Å²) in [6, 6.07) is 8.32. The zero-order valence-corrected chi connectivity index (χ0v) is 15.2. The molecule has 5 nitrogen and oxygen atoms in total. The third kappa shape index (κ3) is 4.95. The van der Waals surface area contributed by atoms with Crippen molar-refractivity contribution in [3.63, 3.8) is 0 Å². The highest BCUT2D eigenvalue weighted by atomic mass is 16.5. The fraction of sp³-hybridized carbons (Fsp3) is 0.632. The number of hydrogen-bond donors (Lipinski definition) is 2. The van der Waals surface area contributed by atoms with Gasteiger partial charge in [-0.05, 0) is 56.7 Å². The second-order valence-electron chi connectivity index (χ2n) is 6.28. The van der Waals surface area contributed by atoms with Gasteiger partial charge in [-0.2, -0.15) is 0 Å². The van der Waals surface area contributed by atoms with Crippen molar-refractivity contribution < 1.29 is 9.53 Å². The summed E-state index contributed by atoms with van der Waals surface area (Å²) in [6.07, 6.45) is 1.86. The summed E-state index contributed by atoms with van der Waals surface area (Å²) in [5, 5.41) is 6.50. The SMILES string of the molecule is CCN(CC)C(CNC(=O)C1CCNCC1)c1cccc(OC)c1. The maximum atomic E-state index is 12.5. The zero-order chi connectivity index (χ0) is 17.4. The molecular weight excluding hydrogens is 302 g/mol. The van der Waals surface area contributed by atoms with Crippen molar-refractivity contribution in [2.75, 3.05) is 39.8 Å². The van der Waals surface area contributed by atoms with Crippen molar-refractivity contribution in [1.82, 2.24) is 15.5 Å². The van der Waals surface area contributed by atoms with Gasteiger partial charge >= 0.3 is 0 Å². The first-order valence-corrected chi connectivity index (χ1v) is 9.06. The van der Waals surface area contributed by atoms with E-state index in [4.69, 9.17) is 4.74 Å². The Balaban J connectivity index is 2.06. The van der Waals surface area contributed by atoms with Crippen LogP contribution in [0.5, 0.6) is 5.75 Å². The number of methoxy groups -OCH3 is 1. The maximum Gasteiger partial charge on any atom is 0.223 e. The van der Waals surface area contributed by atoms with E-state index in [0.717, 1.165) is 44.8 Å². The first kappa shape index (κ1) is 18.7. The Morgan fingerprint density at radius 1 is 1.33 bits per heavy atom. The average molecular weight is 333 g/mol. The molecule has 1 aliphatic rings. The topological polar surface area (TPSA) is 53.6 Å². The lowest BCUT2D eigenvalue weighted by Crippen LogP contribution is -2.42. The molecule has 1 amide bonds. The van der Waals surface area contributed by atoms with Crippen LogP contribution in [-0.4, -0.2) is 50.6 Å². The van der Waals surface area contributed by atoms with Gasteiger partial charge in [-0.3, -0.25) is 9.69 Å². The van der Waals surface area contributed by atoms with Crippen molar-refractivity contribution in [1.29, 1.82) is 0 Å². The van der Waals surface area contributed by atoms with E-state index in [1.807, 2.05) is 12.1 Å². The van der Waals surface area contributed by atoms with Gasteiger partial charge in [0.15, 0.2) is 0 Å². The Hall–Kier alpha value is -1.59. The lowest BCUT2D eigenvalue weighted by Gasteiger charge is -2.31. The van der Waals surface area contributed by atoms with Gasteiger partial charge in [0, 0.05) is 12.5 Å². The summed E-state index contributed by atoms with van der Waals surface area (Å²) >= 11 is 0. The number of amides is 1. The number of nitrogens with one attached hydrogen (secondary N) is 2. The van der Waals surface area contributed by atoms with Crippen LogP contribution < -0.4 is 15.4 Å². The summed E-state index contributed by atoms with van der Waals surface area (Å²) in [5.41, 5.74) is 1.18. The van der Waals surface area contributed by atoms with Crippen molar-refractivity contribution >= 4 is 5.91 Å². The minimum absolute atomic E-state index is 0.147. The fourth-order valence-electron chi connectivity index (χ4n) is 3.40. The molecule has 1 heterocycles. The van der Waals surface area contributed by atoms with E-state index in [0.29, 0.717) is 6.54 Å². The van der Waals surface area contributed by atoms with Crippen LogP contribution in [0.15, 0.2) is 24.3 Å². The number of rotatable bonds is 8. The Morgan fingerprint density at radius 3 is 2.67 bits per heavy atom. The summed E-state index contributed by atoms with van der Waals surface area (Å²) in [7, 11) is 1.68. The van der Waals surface area contributed by atoms with Crippen molar-refractivity contribution in [3.05, 3.63) is 29.8 Å². The molecule has 24 heavy (non-hydrogen) atoms. The van der Waals surface area contributed by atoms with Gasteiger partial charge in [-0.1, -0.05) is 26.0 Å². The van der Waals surface area contributed by atoms with E-state index in [1.165, 1.54) is 5.56 Å². The Morgan fingerprint density at radius 2 is 2.04 bits per heavy atom. The molecule has 1 aromatic rings. The first-order valence-electron chi connectivity index (χ1n) is 9.06. The van der Waals surface area contributed by atoms with Crippen LogP contribution >= 0.6 is 0 Å². The highest BCUT2D eigenvalue weighted by Crippen LogP contribution is 2.24. The van der Waals surface area contributed by atoms with Crippen LogP contribution in [0.1, 0.15) is 38.3 Å². The van der Waals surface area contributed by atoms with Gasteiger partial charge in [-0.15, -0.1) is 0 Å². The van der Waals surface area contributed by atoms with Crippen molar-refractivity contribution in [2.45, 2.75) is 32.7 Å². The molecule has 1 fully saturated rings. The van der Waals surface area contributed by atoms with E-state index in [1.54, 1.807) is 7.11 Å². The number of benzene rings is 1. The van der Waals surface area contributed by atoms with Crippen LogP contribution in [0, 0.1) is 5.92 Å². The van der Waals surface area contributed by atoms with Crippen molar-refractivity contribution in [2.24, 2.45) is 5.92 Å². The van der Waals surface area contributed by atoms with Crippen LogP contribution in [-0.2, 0) is 4.79 Å². The number of piperidine rings is 1. The summed E-state index contributed by atoms with van der Waals surface area (Å²) < 4.78 is 5.36. The van der Waals surface area contributed by atoms with E-state index in [2.05, 4.69) is 41.5 Å². The lowest BCUT2D eigenvalue weighted by molar-refractivity contribution is -0.126. The largest absolute Gasteiger partial charge is 0.497 e. The molecule has 1 unspecified atom stereocenters. The third-order valence-corrected chi connectivity index (χ3v) is 4.91. The van der Waals surface area contributed by atoms with Crippen molar-refractivity contribution in [3.8, 4) is 5.75 Å². The number of carbonyl (C=O) groups excluding carboxylic acids is 1. The minimum atomic E-state index is 0.147. The summed E-state index contributed by atoms with van der Waals surface area (Å²) in [6.45, 7) is 8.72. The van der Waals surface area contributed by atoms with E-state index >= 15 is 0 Å². The van der Waals surface area contributed by atoms with Gasteiger partial charge in [0.25, 0.3) is 0 Å². The molecule has 2 N–H and O–H groups in total. The first-order chi connectivity index (χ1) is 11.7. The highest BCUT2D eigenvalue weighted by Gasteiger charge is 2.24. The number of likely N-dealkylation sites (N-methyl/N-ethyl adjacent to an activating group) is 1. The molecule has 0 spiro atoms. The molecular formula is C19H31N3O2. The Labute approximate surface area is 145 Å². The van der Waals surface area contributed by atoms with Gasteiger partial charge in [0.1, 0.15) is 5.75 Å². The van der Waals surface area contributed by atoms with E-state index < -0.39 is 0 Å². The van der Waals surface area contributed by atoms with Crippen LogP contribution in [0.4, 0.5) is 0 Å². The van der Waals surface area contributed by atoms with Gasteiger partial charge < -0.3 is 15.4 Å². The predicted molar refractivity (Wildman–Crippen MR) is 97.3 cm³/mol. The second-order valence-corrected chi connectivity index (χ2v) is 6.28. The maximum absolute atomic E-state index is 12.5. The molecule has 5 heteroatoms. The molecule has 0 bridgehead atoms. The molecule has 1 aliphatic heterocycles. The Kier molecular flexibility index (Phi) is 7.53. The zero-order valence-electron chi connectivity index (χ0n) is 15.2. The quantitative estimate of drug-likeness (QED) is 0.766. The smallest absolute Gasteiger partial charge is 0.223 e. The minimum Gasteiger partial charge on any atom is -0.497 e. The van der Waals surface area contributed by atoms with Crippen LogP contribution in [0.3, 0.4) is 0 Å². The highest BCUT2D eigenvalue weighted by molar-refractivity contribution is 5.78. The molecule has 1 saturated heterocycles. The van der Waals surface area contributed by atoms with E-state index in [9.17, 15) is 4.79 Å². The Bertz CT molecular complexity index is 511. The second kappa shape index (κ2) is 9.64. The van der Waals surface area contributed by atoms with Gasteiger partial charge in [0.2, 0.25) is 5.91 Å². The molecule has 2 rings (SSSR count). The monoisotopic (exact) mass is 333 g/mol. The normalized spacial score (nSPS) is 16.8. The van der Waals surface area contributed by atoms with Gasteiger partial charge in [-0.25, -0.2) is 0 Å². The van der Waals surface area contributed by atoms with Crippen LogP contribution in [0.25, 0.3) is 0 Å². The van der Waals surface area contributed by atoms with Crippen LogP contribution in [0.2, 0.25) is 0 Å².